The molecule has 24 heavy (non-hydrogen) atoms. The average molecular weight is 411 g/mol. The first-order chi connectivity index (χ1) is 11.6. The van der Waals surface area contributed by atoms with Gasteiger partial charge in [-0.3, -0.25) is 4.79 Å². The number of hydrogen-bond acceptors (Lipinski definition) is 5. The van der Waals surface area contributed by atoms with Gasteiger partial charge in [-0.1, -0.05) is 28.1 Å². The van der Waals surface area contributed by atoms with E-state index in [1.54, 1.807) is 38.1 Å². The van der Waals surface area contributed by atoms with Gasteiger partial charge in [0.15, 0.2) is 11.5 Å². The van der Waals surface area contributed by atoms with E-state index < -0.39 is 0 Å². The van der Waals surface area contributed by atoms with Crippen LogP contribution in [0, 0.1) is 0 Å². The van der Waals surface area contributed by atoms with Crippen molar-refractivity contribution in [3.8, 4) is 11.5 Å². The summed E-state index contributed by atoms with van der Waals surface area (Å²) in [7, 11) is 3.13. The van der Waals surface area contributed by atoms with Crippen LogP contribution in [-0.2, 0) is 22.6 Å². The summed E-state index contributed by atoms with van der Waals surface area (Å²) in [5.74, 6) is 0.892. The van der Waals surface area contributed by atoms with Crippen molar-refractivity contribution in [3.63, 3.8) is 0 Å². The molecular formula is C18H19BrO4S. The molecule has 0 bridgehead atoms. The van der Waals surface area contributed by atoms with Gasteiger partial charge in [-0.15, -0.1) is 11.8 Å². The zero-order valence-corrected chi connectivity index (χ0v) is 16.2. The van der Waals surface area contributed by atoms with Crippen LogP contribution < -0.4 is 9.47 Å². The number of carbonyl (C=O) groups excluding carboxylic acids is 1. The van der Waals surface area contributed by atoms with Crippen molar-refractivity contribution in [3.05, 3.63) is 52.0 Å². The largest absolute Gasteiger partial charge is 0.493 e. The Labute approximate surface area is 154 Å². The molecular weight excluding hydrogens is 392 g/mol. The van der Waals surface area contributed by atoms with Gasteiger partial charge in [0.1, 0.15) is 6.61 Å². The number of ether oxygens (including phenoxy) is 3. The molecule has 0 saturated carbocycles. The molecule has 6 heteroatoms. The summed E-state index contributed by atoms with van der Waals surface area (Å²) >= 11 is 5.12. The third-order valence-electron chi connectivity index (χ3n) is 3.45. The van der Waals surface area contributed by atoms with Crippen molar-refractivity contribution in [1.82, 2.24) is 0 Å². The maximum atomic E-state index is 12.1. The van der Waals surface area contributed by atoms with E-state index in [-0.39, 0.29) is 19.0 Å². The number of carbonyl (C=O) groups is 1. The molecule has 0 fully saturated rings. The van der Waals surface area contributed by atoms with Gasteiger partial charge in [0, 0.05) is 9.37 Å². The molecule has 0 aliphatic carbocycles. The predicted octanol–water partition coefficient (Wildman–Crippen LogP) is 4.47. The maximum absolute atomic E-state index is 12.1. The van der Waals surface area contributed by atoms with Crippen molar-refractivity contribution in [2.45, 2.75) is 17.9 Å². The van der Waals surface area contributed by atoms with Crippen LogP contribution in [0.5, 0.6) is 11.5 Å². The summed E-state index contributed by atoms with van der Waals surface area (Å²) in [5, 5.41) is 0. The molecule has 0 unspecified atom stereocenters. The molecule has 0 heterocycles. The van der Waals surface area contributed by atoms with E-state index in [9.17, 15) is 4.79 Å². The number of esters is 1. The quantitative estimate of drug-likeness (QED) is 0.497. The Balaban J connectivity index is 1.98. The zero-order chi connectivity index (χ0) is 17.5. The van der Waals surface area contributed by atoms with Gasteiger partial charge in [0.05, 0.1) is 20.6 Å². The van der Waals surface area contributed by atoms with Crippen LogP contribution >= 0.6 is 27.7 Å². The fraction of sp³-hybridized carbons (Fsp3) is 0.278. The maximum Gasteiger partial charge on any atom is 0.310 e. The average Bonchev–Trinajstić information content (AvgIpc) is 2.61. The molecule has 2 aromatic carbocycles. The first kappa shape index (κ1) is 18.7. The number of halogens is 1. The molecule has 4 nitrogen and oxygen atoms in total. The van der Waals surface area contributed by atoms with Crippen LogP contribution in [-0.4, -0.2) is 26.4 Å². The minimum atomic E-state index is -0.295. The van der Waals surface area contributed by atoms with E-state index in [0.29, 0.717) is 11.5 Å². The second kappa shape index (κ2) is 8.99. The highest BCUT2D eigenvalue weighted by Crippen LogP contribution is 2.33. The van der Waals surface area contributed by atoms with Gasteiger partial charge < -0.3 is 14.2 Å². The van der Waals surface area contributed by atoms with Gasteiger partial charge in [0.2, 0.25) is 0 Å². The third-order valence-corrected chi connectivity index (χ3v) is 4.93. The fourth-order valence-corrected chi connectivity index (χ4v) is 2.99. The Morgan fingerprint density at radius 2 is 1.71 bits per heavy atom. The smallest absolute Gasteiger partial charge is 0.310 e. The standard InChI is InChI=1S/C18H19BrO4S/c1-21-16-8-13(15(19)10-17(16)22-2)9-18(20)23-11-12-4-6-14(24-3)7-5-12/h4-8,10H,9,11H2,1-3H3. The van der Waals surface area contributed by atoms with Crippen LogP contribution in [0.3, 0.4) is 0 Å². The van der Waals surface area contributed by atoms with E-state index in [1.807, 2.05) is 30.5 Å². The Morgan fingerprint density at radius 1 is 1.08 bits per heavy atom. The summed E-state index contributed by atoms with van der Waals surface area (Å²) in [6, 6.07) is 11.5. The highest BCUT2D eigenvalue weighted by atomic mass is 79.9. The van der Waals surface area contributed by atoms with E-state index in [0.717, 1.165) is 15.6 Å². The van der Waals surface area contributed by atoms with E-state index in [4.69, 9.17) is 14.2 Å². The van der Waals surface area contributed by atoms with E-state index >= 15 is 0 Å². The summed E-state index contributed by atoms with van der Waals surface area (Å²) in [6.07, 6.45) is 2.18. The van der Waals surface area contributed by atoms with Crippen molar-refractivity contribution in [1.29, 1.82) is 0 Å². The normalized spacial score (nSPS) is 10.3. The van der Waals surface area contributed by atoms with Crippen LogP contribution in [0.15, 0.2) is 45.8 Å². The molecule has 2 rings (SSSR count). The molecule has 0 aliphatic heterocycles. The molecule has 0 N–H and O–H groups in total. The summed E-state index contributed by atoms with van der Waals surface area (Å²) in [5.41, 5.74) is 1.75. The van der Waals surface area contributed by atoms with Crippen LogP contribution in [0.25, 0.3) is 0 Å². The molecule has 0 aliphatic rings. The van der Waals surface area contributed by atoms with E-state index in [2.05, 4.69) is 15.9 Å². The highest BCUT2D eigenvalue weighted by Gasteiger charge is 2.13. The lowest BCUT2D eigenvalue weighted by Gasteiger charge is -2.12. The lowest BCUT2D eigenvalue weighted by atomic mass is 10.1. The molecule has 0 amide bonds. The van der Waals surface area contributed by atoms with Crippen LogP contribution in [0.4, 0.5) is 0 Å². The summed E-state index contributed by atoms with van der Waals surface area (Å²) < 4.78 is 16.6. The van der Waals surface area contributed by atoms with Crippen molar-refractivity contribution in [2.24, 2.45) is 0 Å². The van der Waals surface area contributed by atoms with E-state index in [1.165, 1.54) is 4.90 Å². The molecule has 0 spiro atoms. The van der Waals surface area contributed by atoms with Gasteiger partial charge in [0.25, 0.3) is 0 Å². The predicted molar refractivity (Wildman–Crippen MR) is 99.0 cm³/mol. The third kappa shape index (κ3) is 4.92. The van der Waals surface area contributed by atoms with Crippen LogP contribution in [0.1, 0.15) is 11.1 Å². The SMILES string of the molecule is COc1cc(Br)c(CC(=O)OCc2ccc(SC)cc2)cc1OC. The van der Waals surface area contributed by atoms with Crippen LogP contribution in [0.2, 0.25) is 0 Å². The Morgan fingerprint density at radius 3 is 2.29 bits per heavy atom. The van der Waals surface area contributed by atoms with Crippen molar-refractivity contribution < 1.29 is 19.0 Å². The molecule has 128 valence electrons. The number of benzene rings is 2. The number of hydrogen-bond donors (Lipinski definition) is 0. The number of thioether (sulfide) groups is 1. The second-order valence-electron chi connectivity index (χ2n) is 4.98. The minimum absolute atomic E-state index is 0.157. The van der Waals surface area contributed by atoms with Crippen molar-refractivity contribution >= 4 is 33.7 Å². The lowest BCUT2D eigenvalue weighted by Crippen LogP contribution is -2.09. The molecule has 0 atom stereocenters. The van der Waals surface area contributed by atoms with Crippen molar-refractivity contribution in [2.75, 3.05) is 20.5 Å². The minimum Gasteiger partial charge on any atom is -0.493 e. The highest BCUT2D eigenvalue weighted by molar-refractivity contribution is 9.10. The molecule has 0 saturated heterocycles. The summed E-state index contributed by atoms with van der Waals surface area (Å²) in [6.45, 7) is 0.262. The van der Waals surface area contributed by atoms with Gasteiger partial charge >= 0.3 is 5.97 Å². The Bertz CT molecular complexity index is 701. The molecule has 0 aromatic heterocycles. The fourth-order valence-electron chi connectivity index (χ4n) is 2.12. The first-order valence-electron chi connectivity index (χ1n) is 7.26. The Kier molecular flexibility index (Phi) is 6.99. The second-order valence-corrected chi connectivity index (χ2v) is 6.72. The molecule has 2 aromatic rings. The van der Waals surface area contributed by atoms with Gasteiger partial charge in [-0.2, -0.15) is 0 Å². The zero-order valence-electron chi connectivity index (χ0n) is 13.8. The number of methoxy groups -OCH3 is 2. The summed E-state index contributed by atoms with van der Waals surface area (Å²) in [4.78, 5) is 13.3. The monoisotopic (exact) mass is 410 g/mol. The van der Waals surface area contributed by atoms with Gasteiger partial charge in [-0.25, -0.2) is 0 Å². The lowest BCUT2D eigenvalue weighted by molar-refractivity contribution is -0.144. The topological polar surface area (TPSA) is 44.8 Å². The molecule has 0 radical (unpaired) electrons. The van der Waals surface area contributed by atoms with Gasteiger partial charge in [-0.05, 0) is 41.6 Å². The Hall–Kier alpha value is -1.66. The first-order valence-corrected chi connectivity index (χ1v) is 9.28. The number of rotatable bonds is 7.